The van der Waals surface area contributed by atoms with Gasteiger partial charge in [-0.1, -0.05) is 35.9 Å². The molecular formula is C16H13ClFNO3. The molecule has 0 radical (unpaired) electrons. The molecule has 0 aromatic heterocycles. The summed E-state index contributed by atoms with van der Waals surface area (Å²) in [7, 11) is 0. The van der Waals surface area contributed by atoms with Gasteiger partial charge in [-0.2, -0.15) is 0 Å². The van der Waals surface area contributed by atoms with Crippen molar-refractivity contribution >= 4 is 23.5 Å². The number of nitrogens with one attached hydrogen (secondary N) is 1. The molecule has 6 heteroatoms. The van der Waals surface area contributed by atoms with Gasteiger partial charge in [0.15, 0.2) is 0 Å². The predicted octanol–water partition coefficient (Wildman–Crippen LogP) is 2.90. The van der Waals surface area contributed by atoms with Crippen LogP contribution in [-0.4, -0.2) is 23.0 Å². The Bertz CT molecular complexity index is 688. The molecule has 0 aliphatic heterocycles. The van der Waals surface area contributed by atoms with E-state index < -0.39 is 23.7 Å². The Kier molecular flexibility index (Phi) is 5.12. The summed E-state index contributed by atoms with van der Waals surface area (Å²) in [6.45, 7) is 0. The van der Waals surface area contributed by atoms with Gasteiger partial charge in [0.2, 0.25) is 0 Å². The fourth-order valence-corrected chi connectivity index (χ4v) is 2.16. The Morgan fingerprint density at radius 1 is 1.14 bits per heavy atom. The zero-order valence-corrected chi connectivity index (χ0v) is 12.2. The molecule has 1 atom stereocenters. The number of carbonyl (C=O) groups is 2. The number of benzene rings is 2. The minimum Gasteiger partial charge on any atom is -0.480 e. The smallest absolute Gasteiger partial charge is 0.326 e. The average molecular weight is 322 g/mol. The van der Waals surface area contributed by atoms with Gasteiger partial charge in [-0.25, -0.2) is 9.18 Å². The second-order valence-electron chi connectivity index (χ2n) is 4.67. The summed E-state index contributed by atoms with van der Waals surface area (Å²) < 4.78 is 12.9. The van der Waals surface area contributed by atoms with Crippen molar-refractivity contribution in [1.82, 2.24) is 5.32 Å². The number of halogens is 2. The second kappa shape index (κ2) is 7.04. The molecule has 0 bridgehead atoms. The Morgan fingerprint density at radius 3 is 2.36 bits per heavy atom. The first-order valence-corrected chi connectivity index (χ1v) is 6.88. The van der Waals surface area contributed by atoms with Crippen LogP contribution in [0.3, 0.4) is 0 Å². The average Bonchev–Trinajstić information content (AvgIpc) is 2.49. The summed E-state index contributed by atoms with van der Waals surface area (Å²) >= 11 is 5.91. The van der Waals surface area contributed by atoms with Crippen molar-refractivity contribution in [3.05, 3.63) is 70.5 Å². The van der Waals surface area contributed by atoms with Crippen LogP contribution in [0, 0.1) is 5.82 Å². The molecule has 2 aromatic rings. The van der Waals surface area contributed by atoms with Crippen molar-refractivity contribution in [2.45, 2.75) is 12.5 Å². The number of carboxylic acids is 1. The lowest BCUT2D eigenvalue weighted by Crippen LogP contribution is -2.42. The molecule has 2 rings (SSSR count). The number of carboxylic acid groups (broad SMARTS) is 1. The molecule has 4 nitrogen and oxygen atoms in total. The number of rotatable bonds is 5. The van der Waals surface area contributed by atoms with Crippen molar-refractivity contribution in [2.24, 2.45) is 0 Å². The molecule has 0 aliphatic rings. The van der Waals surface area contributed by atoms with E-state index in [0.29, 0.717) is 5.56 Å². The normalized spacial score (nSPS) is 11.7. The van der Waals surface area contributed by atoms with Gasteiger partial charge in [0.05, 0.1) is 10.6 Å². The van der Waals surface area contributed by atoms with Gasteiger partial charge in [0.1, 0.15) is 11.9 Å². The molecule has 0 heterocycles. The summed E-state index contributed by atoms with van der Waals surface area (Å²) in [5.41, 5.74) is 0.808. The van der Waals surface area contributed by atoms with Crippen molar-refractivity contribution in [3.8, 4) is 0 Å². The van der Waals surface area contributed by atoms with Crippen molar-refractivity contribution in [3.63, 3.8) is 0 Å². The van der Waals surface area contributed by atoms with Gasteiger partial charge in [0, 0.05) is 6.42 Å². The molecule has 114 valence electrons. The number of carbonyl (C=O) groups excluding carboxylic acids is 1. The molecule has 2 aromatic carbocycles. The maximum atomic E-state index is 12.9. The monoisotopic (exact) mass is 321 g/mol. The van der Waals surface area contributed by atoms with E-state index in [1.54, 1.807) is 18.2 Å². The SMILES string of the molecule is O=C(N[C@@H](Cc1ccc(F)cc1)C(=O)O)c1ccccc1Cl. The number of hydrogen-bond donors (Lipinski definition) is 2. The summed E-state index contributed by atoms with van der Waals surface area (Å²) in [5, 5.41) is 11.9. The highest BCUT2D eigenvalue weighted by molar-refractivity contribution is 6.33. The molecule has 22 heavy (non-hydrogen) atoms. The molecule has 1 amide bonds. The molecule has 0 saturated heterocycles. The van der Waals surface area contributed by atoms with E-state index in [-0.39, 0.29) is 17.0 Å². The lowest BCUT2D eigenvalue weighted by Gasteiger charge is -2.15. The van der Waals surface area contributed by atoms with Gasteiger partial charge in [-0.15, -0.1) is 0 Å². The Labute approximate surface area is 131 Å². The molecule has 0 saturated carbocycles. The van der Waals surface area contributed by atoms with Gasteiger partial charge < -0.3 is 10.4 Å². The van der Waals surface area contributed by atoms with E-state index in [4.69, 9.17) is 11.6 Å². The Hall–Kier alpha value is -2.40. The first-order valence-electron chi connectivity index (χ1n) is 6.50. The van der Waals surface area contributed by atoms with E-state index in [0.717, 1.165) is 0 Å². The topological polar surface area (TPSA) is 66.4 Å². The van der Waals surface area contributed by atoms with E-state index in [1.807, 2.05) is 0 Å². The molecule has 0 spiro atoms. The first-order chi connectivity index (χ1) is 10.5. The zero-order valence-electron chi connectivity index (χ0n) is 11.4. The summed E-state index contributed by atoms with van der Waals surface area (Å²) in [6.07, 6.45) is 0.0474. The number of amides is 1. The van der Waals surface area contributed by atoms with E-state index in [2.05, 4.69) is 5.32 Å². The number of aliphatic carboxylic acids is 1. The highest BCUT2D eigenvalue weighted by Crippen LogP contribution is 2.15. The summed E-state index contributed by atoms with van der Waals surface area (Å²) in [5.74, 6) is -2.15. The van der Waals surface area contributed by atoms with E-state index >= 15 is 0 Å². The van der Waals surface area contributed by atoms with Crippen LogP contribution in [-0.2, 0) is 11.2 Å². The van der Waals surface area contributed by atoms with Crippen LogP contribution in [0.4, 0.5) is 4.39 Å². The fraction of sp³-hybridized carbons (Fsp3) is 0.125. The first kappa shape index (κ1) is 16.0. The summed E-state index contributed by atoms with van der Waals surface area (Å²) in [6, 6.07) is 10.7. The molecule has 0 aliphatic carbocycles. The molecule has 0 fully saturated rings. The minimum absolute atomic E-state index is 0.0474. The second-order valence-corrected chi connectivity index (χ2v) is 5.08. The van der Waals surface area contributed by atoms with Crippen LogP contribution in [0.2, 0.25) is 5.02 Å². The Balaban J connectivity index is 2.12. The van der Waals surface area contributed by atoms with Crippen molar-refractivity contribution in [2.75, 3.05) is 0 Å². The third kappa shape index (κ3) is 4.05. The molecule has 0 unspecified atom stereocenters. The van der Waals surface area contributed by atoms with Crippen LogP contribution in [0.1, 0.15) is 15.9 Å². The van der Waals surface area contributed by atoms with Gasteiger partial charge in [-0.05, 0) is 29.8 Å². The van der Waals surface area contributed by atoms with Crippen LogP contribution < -0.4 is 5.32 Å². The largest absolute Gasteiger partial charge is 0.480 e. The van der Waals surface area contributed by atoms with Crippen molar-refractivity contribution < 1.29 is 19.1 Å². The summed E-state index contributed by atoms with van der Waals surface area (Å²) in [4.78, 5) is 23.4. The van der Waals surface area contributed by atoms with E-state index in [1.165, 1.54) is 30.3 Å². The van der Waals surface area contributed by atoms with Gasteiger partial charge in [0.25, 0.3) is 5.91 Å². The van der Waals surface area contributed by atoms with Gasteiger partial charge in [-0.3, -0.25) is 4.79 Å². The van der Waals surface area contributed by atoms with Crippen LogP contribution in [0.15, 0.2) is 48.5 Å². The third-order valence-corrected chi connectivity index (χ3v) is 3.40. The maximum Gasteiger partial charge on any atom is 0.326 e. The zero-order chi connectivity index (χ0) is 16.1. The maximum absolute atomic E-state index is 12.9. The van der Waals surface area contributed by atoms with Crippen LogP contribution in [0.5, 0.6) is 0 Å². The quantitative estimate of drug-likeness (QED) is 0.890. The van der Waals surface area contributed by atoms with E-state index in [9.17, 15) is 19.1 Å². The molecule has 2 N–H and O–H groups in total. The number of hydrogen-bond acceptors (Lipinski definition) is 2. The highest BCUT2D eigenvalue weighted by atomic mass is 35.5. The fourth-order valence-electron chi connectivity index (χ4n) is 1.94. The highest BCUT2D eigenvalue weighted by Gasteiger charge is 2.22. The molecular weight excluding hydrogens is 309 g/mol. The van der Waals surface area contributed by atoms with Gasteiger partial charge >= 0.3 is 5.97 Å². The standard InChI is InChI=1S/C16H13ClFNO3/c17-13-4-2-1-3-12(13)15(20)19-14(16(21)22)9-10-5-7-11(18)8-6-10/h1-8,14H,9H2,(H,19,20)(H,21,22)/t14-/m0/s1. The lowest BCUT2D eigenvalue weighted by atomic mass is 10.1. The Morgan fingerprint density at radius 2 is 1.77 bits per heavy atom. The predicted molar refractivity (Wildman–Crippen MR) is 80.4 cm³/mol. The van der Waals surface area contributed by atoms with Crippen LogP contribution in [0.25, 0.3) is 0 Å². The van der Waals surface area contributed by atoms with Crippen molar-refractivity contribution in [1.29, 1.82) is 0 Å². The van der Waals surface area contributed by atoms with Crippen LogP contribution >= 0.6 is 11.6 Å². The lowest BCUT2D eigenvalue weighted by molar-refractivity contribution is -0.139. The third-order valence-electron chi connectivity index (χ3n) is 3.07. The minimum atomic E-state index is -1.18.